The molecular weight excluding hydrogens is 242 g/mol. The van der Waals surface area contributed by atoms with E-state index >= 15 is 0 Å². The number of carbonyl (C=O) groups is 1. The van der Waals surface area contributed by atoms with Crippen molar-refractivity contribution in [2.24, 2.45) is 0 Å². The molecule has 1 aliphatic heterocycles. The fraction of sp³-hybridized carbons (Fsp3) is 0.636. The highest BCUT2D eigenvalue weighted by Crippen LogP contribution is 2.20. The van der Waals surface area contributed by atoms with Gasteiger partial charge in [-0.2, -0.15) is 5.10 Å². The number of rotatable bonds is 2. The van der Waals surface area contributed by atoms with Gasteiger partial charge in [0.25, 0.3) is 0 Å². The lowest BCUT2D eigenvalue weighted by molar-refractivity contribution is -0.134. The minimum atomic E-state index is -0.510. The number of amides is 1. The molecule has 0 saturated carbocycles. The standard InChI is InChI=1S/C11H16ClN3O2/c1-7-4-15-10(3-9(6-16)13-15)5-14(7)11(17)8(2)12/h3,7-8,16H,4-6H2,1-2H3. The molecule has 1 aromatic heterocycles. The first-order chi connectivity index (χ1) is 8.02. The Labute approximate surface area is 105 Å². The molecule has 5 nitrogen and oxygen atoms in total. The van der Waals surface area contributed by atoms with Gasteiger partial charge in [0.2, 0.25) is 5.91 Å². The maximum Gasteiger partial charge on any atom is 0.240 e. The predicted octanol–water partition coefficient (Wildman–Crippen LogP) is 0.733. The maximum absolute atomic E-state index is 11.9. The molecule has 0 spiro atoms. The summed E-state index contributed by atoms with van der Waals surface area (Å²) < 4.78 is 1.85. The van der Waals surface area contributed by atoms with E-state index in [1.54, 1.807) is 11.8 Å². The lowest BCUT2D eigenvalue weighted by Gasteiger charge is -2.34. The van der Waals surface area contributed by atoms with Gasteiger partial charge in [0.15, 0.2) is 0 Å². The molecule has 94 valence electrons. The van der Waals surface area contributed by atoms with Gasteiger partial charge in [-0.05, 0) is 19.9 Å². The smallest absolute Gasteiger partial charge is 0.240 e. The predicted molar refractivity (Wildman–Crippen MR) is 63.5 cm³/mol. The van der Waals surface area contributed by atoms with E-state index in [9.17, 15) is 4.79 Å². The summed E-state index contributed by atoms with van der Waals surface area (Å²) >= 11 is 5.83. The summed E-state index contributed by atoms with van der Waals surface area (Å²) in [7, 11) is 0. The van der Waals surface area contributed by atoms with Gasteiger partial charge >= 0.3 is 0 Å². The first-order valence-corrected chi connectivity index (χ1v) is 6.07. The van der Waals surface area contributed by atoms with Gasteiger partial charge in [0, 0.05) is 6.04 Å². The van der Waals surface area contributed by atoms with Crippen LogP contribution >= 0.6 is 11.6 Å². The van der Waals surface area contributed by atoms with Crippen molar-refractivity contribution in [3.05, 3.63) is 17.5 Å². The van der Waals surface area contributed by atoms with Crippen LogP contribution in [0.1, 0.15) is 25.2 Å². The number of hydrogen-bond donors (Lipinski definition) is 1. The first-order valence-electron chi connectivity index (χ1n) is 5.64. The quantitative estimate of drug-likeness (QED) is 0.795. The molecule has 0 fully saturated rings. The molecule has 1 aromatic rings. The summed E-state index contributed by atoms with van der Waals surface area (Å²) in [6.07, 6.45) is 0. The largest absolute Gasteiger partial charge is 0.390 e. The van der Waals surface area contributed by atoms with Gasteiger partial charge < -0.3 is 10.0 Å². The van der Waals surface area contributed by atoms with Gasteiger partial charge in [-0.1, -0.05) is 0 Å². The SMILES string of the molecule is CC(Cl)C(=O)N1Cc2cc(CO)nn2CC1C. The summed E-state index contributed by atoms with van der Waals surface area (Å²) in [5.41, 5.74) is 1.58. The topological polar surface area (TPSA) is 58.4 Å². The Bertz CT molecular complexity index is 430. The minimum Gasteiger partial charge on any atom is -0.390 e. The highest BCUT2D eigenvalue weighted by molar-refractivity contribution is 6.30. The van der Waals surface area contributed by atoms with Crippen LogP contribution in [-0.4, -0.2) is 37.1 Å². The molecule has 6 heteroatoms. The number of hydrogen-bond acceptors (Lipinski definition) is 3. The second-order valence-electron chi connectivity index (χ2n) is 4.40. The van der Waals surface area contributed by atoms with E-state index in [2.05, 4.69) is 5.10 Å². The summed E-state index contributed by atoms with van der Waals surface area (Å²) in [5, 5.41) is 12.8. The van der Waals surface area contributed by atoms with Gasteiger partial charge in [-0.3, -0.25) is 9.48 Å². The van der Waals surface area contributed by atoms with Crippen molar-refractivity contribution in [2.45, 2.75) is 45.0 Å². The van der Waals surface area contributed by atoms with Crippen LogP contribution < -0.4 is 0 Å². The first kappa shape index (κ1) is 12.4. The van der Waals surface area contributed by atoms with Crippen LogP contribution in [0.25, 0.3) is 0 Å². The average molecular weight is 258 g/mol. The summed E-state index contributed by atoms with van der Waals surface area (Å²) in [6.45, 7) is 4.73. The molecule has 1 amide bonds. The summed E-state index contributed by atoms with van der Waals surface area (Å²) in [6, 6.07) is 1.90. The normalized spacial score (nSPS) is 21.2. The third-order valence-corrected chi connectivity index (χ3v) is 3.19. The number of aliphatic hydroxyl groups is 1. The fourth-order valence-corrected chi connectivity index (χ4v) is 2.21. The van der Waals surface area contributed by atoms with E-state index in [1.165, 1.54) is 0 Å². The van der Waals surface area contributed by atoms with Crippen molar-refractivity contribution in [1.29, 1.82) is 0 Å². The molecule has 2 unspecified atom stereocenters. The van der Waals surface area contributed by atoms with Gasteiger partial charge in [-0.25, -0.2) is 0 Å². The second-order valence-corrected chi connectivity index (χ2v) is 5.05. The fourth-order valence-electron chi connectivity index (χ4n) is 2.08. The Balaban J connectivity index is 2.23. The summed E-state index contributed by atoms with van der Waals surface area (Å²) in [4.78, 5) is 13.7. The molecular formula is C11H16ClN3O2. The van der Waals surface area contributed by atoms with Crippen molar-refractivity contribution in [3.8, 4) is 0 Å². The van der Waals surface area contributed by atoms with Crippen LogP contribution in [0.5, 0.6) is 0 Å². The van der Waals surface area contributed by atoms with Crippen LogP contribution in [0.4, 0.5) is 0 Å². The third-order valence-electron chi connectivity index (χ3n) is 3.00. The van der Waals surface area contributed by atoms with Crippen LogP contribution in [0.3, 0.4) is 0 Å². The Morgan fingerprint density at radius 1 is 1.76 bits per heavy atom. The van der Waals surface area contributed by atoms with Crippen molar-refractivity contribution >= 4 is 17.5 Å². The van der Waals surface area contributed by atoms with Crippen LogP contribution in [0, 0.1) is 0 Å². The van der Waals surface area contributed by atoms with Crippen LogP contribution in [-0.2, 0) is 24.5 Å². The van der Waals surface area contributed by atoms with Gasteiger partial charge in [0.05, 0.1) is 31.1 Å². The van der Waals surface area contributed by atoms with Crippen LogP contribution in [0.2, 0.25) is 0 Å². The Kier molecular flexibility index (Phi) is 3.40. The number of halogens is 1. The molecule has 2 rings (SSSR count). The molecule has 0 aliphatic carbocycles. The van der Waals surface area contributed by atoms with Crippen molar-refractivity contribution in [3.63, 3.8) is 0 Å². The number of nitrogens with zero attached hydrogens (tertiary/aromatic N) is 3. The lowest BCUT2D eigenvalue weighted by Crippen LogP contribution is -2.47. The second kappa shape index (κ2) is 4.66. The number of aromatic nitrogens is 2. The van der Waals surface area contributed by atoms with Gasteiger partial charge in [0.1, 0.15) is 5.38 Å². The number of alkyl halides is 1. The Hall–Kier alpha value is -1.07. The molecule has 1 aliphatic rings. The summed E-state index contributed by atoms with van der Waals surface area (Å²) in [5.74, 6) is -0.0582. The maximum atomic E-state index is 11.9. The zero-order valence-electron chi connectivity index (χ0n) is 9.93. The number of fused-ring (bicyclic) bond motifs is 1. The molecule has 2 heterocycles. The van der Waals surface area contributed by atoms with E-state index in [-0.39, 0.29) is 18.6 Å². The molecule has 0 radical (unpaired) electrons. The van der Waals surface area contributed by atoms with E-state index in [0.717, 1.165) is 5.69 Å². The highest BCUT2D eigenvalue weighted by Gasteiger charge is 2.29. The van der Waals surface area contributed by atoms with E-state index in [0.29, 0.717) is 18.8 Å². The Morgan fingerprint density at radius 2 is 2.47 bits per heavy atom. The average Bonchev–Trinajstić information content (AvgIpc) is 2.68. The molecule has 1 N–H and O–H groups in total. The zero-order valence-corrected chi connectivity index (χ0v) is 10.7. The molecule has 17 heavy (non-hydrogen) atoms. The lowest BCUT2D eigenvalue weighted by atomic mass is 10.2. The van der Waals surface area contributed by atoms with Crippen molar-refractivity contribution < 1.29 is 9.90 Å². The van der Waals surface area contributed by atoms with Crippen LogP contribution in [0.15, 0.2) is 6.07 Å². The van der Waals surface area contributed by atoms with Gasteiger partial charge in [-0.15, -0.1) is 11.6 Å². The molecule has 2 atom stereocenters. The third kappa shape index (κ3) is 2.30. The van der Waals surface area contributed by atoms with E-state index in [4.69, 9.17) is 16.7 Å². The van der Waals surface area contributed by atoms with E-state index in [1.807, 2.05) is 17.7 Å². The molecule has 0 bridgehead atoms. The van der Waals surface area contributed by atoms with E-state index < -0.39 is 5.38 Å². The van der Waals surface area contributed by atoms with Crippen molar-refractivity contribution in [1.82, 2.24) is 14.7 Å². The Morgan fingerprint density at radius 3 is 3.06 bits per heavy atom. The zero-order chi connectivity index (χ0) is 12.6. The monoisotopic (exact) mass is 257 g/mol. The number of aliphatic hydroxyl groups excluding tert-OH is 1. The molecule has 0 aromatic carbocycles. The van der Waals surface area contributed by atoms with Crippen molar-refractivity contribution in [2.75, 3.05) is 0 Å². The molecule has 0 saturated heterocycles. The highest BCUT2D eigenvalue weighted by atomic mass is 35.5. The number of carbonyl (C=O) groups excluding carboxylic acids is 1. The minimum absolute atomic E-state index is 0.0582.